The van der Waals surface area contributed by atoms with Crippen molar-refractivity contribution in [3.8, 4) is 0 Å². The van der Waals surface area contributed by atoms with Crippen molar-refractivity contribution in [3.63, 3.8) is 0 Å². The van der Waals surface area contributed by atoms with Crippen LogP contribution in [0.4, 0.5) is 4.79 Å². The Kier molecular flexibility index (Phi) is 1.61. The number of hydrogen-bond donors (Lipinski definition) is 1. The van der Waals surface area contributed by atoms with E-state index in [1.54, 1.807) is 0 Å². The fourth-order valence-electron chi connectivity index (χ4n) is 0.980. The molecule has 0 aromatic heterocycles. The largest absolute Gasteiger partial charge is 0.489 e. The SMILES string of the molecule is O=C(O)B1C[B]CC1. The predicted octanol–water partition coefficient (Wildman–Crippen LogP) is 0.835. The third-order valence-corrected chi connectivity index (χ3v) is 1.52. The summed E-state index contributed by atoms with van der Waals surface area (Å²) in [6.45, 7) is -0.0741. The summed E-state index contributed by atoms with van der Waals surface area (Å²) >= 11 is 0. The lowest BCUT2D eigenvalue weighted by Crippen LogP contribution is -2.19. The zero-order valence-corrected chi connectivity index (χ0v) is 4.63. The van der Waals surface area contributed by atoms with Gasteiger partial charge in [-0.1, -0.05) is 18.9 Å². The Morgan fingerprint density at radius 1 is 1.75 bits per heavy atom. The van der Waals surface area contributed by atoms with Gasteiger partial charge in [0, 0.05) is 0 Å². The molecule has 0 aromatic rings. The molecule has 0 bridgehead atoms. The summed E-state index contributed by atoms with van der Waals surface area (Å²) in [4.78, 5) is 10.2. The highest BCUT2D eigenvalue weighted by Gasteiger charge is 2.26. The Morgan fingerprint density at radius 2 is 2.50 bits per heavy atom. The highest BCUT2D eigenvalue weighted by molar-refractivity contribution is 6.95. The maximum absolute atomic E-state index is 10.2. The molecule has 4 heteroatoms. The maximum Gasteiger partial charge on any atom is 0.269 e. The summed E-state index contributed by atoms with van der Waals surface area (Å²) in [6.07, 6.45) is 2.60. The summed E-state index contributed by atoms with van der Waals surface area (Å²) < 4.78 is 0. The Bertz CT molecular complexity index is 98.2. The van der Waals surface area contributed by atoms with Gasteiger partial charge in [-0.15, -0.1) is 0 Å². The van der Waals surface area contributed by atoms with Crippen LogP contribution in [-0.4, -0.2) is 25.0 Å². The monoisotopic (exact) mass is 109 g/mol. The van der Waals surface area contributed by atoms with Gasteiger partial charge in [-0.25, -0.2) is 0 Å². The van der Waals surface area contributed by atoms with E-state index in [9.17, 15) is 4.79 Å². The molecule has 1 aliphatic heterocycles. The standard InChI is InChI=1S/C4H7B2O2/c7-4(8)6-2-1-5-3-6/h1-3H2,(H,7,8). The first-order valence-corrected chi connectivity index (χ1v) is 2.85. The first-order chi connectivity index (χ1) is 3.80. The van der Waals surface area contributed by atoms with Gasteiger partial charge in [0.15, 0.2) is 0 Å². The fraction of sp³-hybridized carbons (Fsp3) is 0.750. The second-order valence-corrected chi connectivity index (χ2v) is 2.14. The molecule has 0 aliphatic carbocycles. The van der Waals surface area contributed by atoms with Crippen molar-refractivity contribution < 1.29 is 9.90 Å². The van der Waals surface area contributed by atoms with Gasteiger partial charge < -0.3 is 5.11 Å². The van der Waals surface area contributed by atoms with Gasteiger partial charge in [0.1, 0.15) is 7.28 Å². The highest BCUT2D eigenvalue weighted by Crippen LogP contribution is 2.12. The molecular weight excluding hydrogens is 102 g/mol. The van der Waals surface area contributed by atoms with Crippen LogP contribution >= 0.6 is 0 Å². The van der Waals surface area contributed by atoms with Crippen molar-refractivity contribution in [2.24, 2.45) is 0 Å². The predicted molar refractivity (Wildman–Crippen MR) is 34.0 cm³/mol. The minimum Gasteiger partial charge on any atom is -0.489 e. The topological polar surface area (TPSA) is 37.3 Å². The quantitative estimate of drug-likeness (QED) is 0.506. The summed E-state index contributed by atoms with van der Waals surface area (Å²) in [5.41, 5.74) is 0. The molecular formula is C4H7B2O2. The lowest BCUT2D eigenvalue weighted by atomic mass is 9.45. The third-order valence-electron chi connectivity index (χ3n) is 1.52. The van der Waals surface area contributed by atoms with Gasteiger partial charge in [-0.2, -0.15) is 0 Å². The average molecular weight is 109 g/mol. The Hall–Kier alpha value is -0.400. The molecule has 0 spiro atoms. The van der Waals surface area contributed by atoms with E-state index in [0.29, 0.717) is 0 Å². The van der Waals surface area contributed by atoms with Crippen molar-refractivity contribution in [3.05, 3.63) is 0 Å². The van der Waals surface area contributed by atoms with E-state index in [-0.39, 0.29) is 6.71 Å². The van der Waals surface area contributed by atoms with Gasteiger partial charge in [0.05, 0.1) is 0 Å². The average Bonchev–Trinajstić information content (AvgIpc) is 2.12. The number of hydrogen-bond acceptors (Lipinski definition) is 1. The van der Waals surface area contributed by atoms with E-state index < -0.39 is 5.87 Å². The van der Waals surface area contributed by atoms with Crippen molar-refractivity contribution in [1.82, 2.24) is 0 Å². The zero-order valence-electron chi connectivity index (χ0n) is 4.63. The van der Waals surface area contributed by atoms with Crippen LogP contribution in [0.25, 0.3) is 0 Å². The van der Waals surface area contributed by atoms with Crippen molar-refractivity contribution in [2.45, 2.75) is 18.9 Å². The minimum absolute atomic E-state index is 0.0741. The van der Waals surface area contributed by atoms with Crippen LogP contribution in [0.1, 0.15) is 0 Å². The number of carboxylic acid groups (broad SMARTS) is 1. The van der Waals surface area contributed by atoms with Gasteiger partial charge >= 0.3 is 0 Å². The second-order valence-electron chi connectivity index (χ2n) is 2.14. The summed E-state index contributed by atoms with van der Waals surface area (Å²) in [6, 6.07) is 0. The van der Waals surface area contributed by atoms with Crippen LogP contribution in [0.15, 0.2) is 0 Å². The zero-order chi connectivity index (χ0) is 5.98. The van der Waals surface area contributed by atoms with E-state index in [0.717, 1.165) is 18.9 Å². The summed E-state index contributed by atoms with van der Waals surface area (Å²) in [5.74, 6) is -0.640. The highest BCUT2D eigenvalue weighted by atomic mass is 16.4. The Balaban J connectivity index is 2.35. The first-order valence-electron chi connectivity index (χ1n) is 2.85. The van der Waals surface area contributed by atoms with Gasteiger partial charge in [0.25, 0.3) is 6.71 Å². The van der Waals surface area contributed by atoms with Gasteiger partial charge in [-0.3, -0.25) is 4.79 Å². The molecule has 1 N–H and O–H groups in total. The smallest absolute Gasteiger partial charge is 0.269 e. The molecule has 1 heterocycles. The fourth-order valence-corrected chi connectivity index (χ4v) is 0.980. The van der Waals surface area contributed by atoms with Crippen LogP contribution < -0.4 is 0 Å². The molecule has 0 aromatic carbocycles. The first kappa shape index (κ1) is 5.73. The Morgan fingerprint density at radius 3 is 2.75 bits per heavy atom. The molecule has 0 saturated carbocycles. The summed E-state index contributed by atoms with van der Waals surface area (Å²) in [5, 5.41) is 8.39. The number of rotatable bonds is 1. The molecule has 41 valence electrons. The van der Waals surface area contributed by atoms with Gasteiger partial charge in [0.2, 0.25) is 5.87 Å². The molecule has 0 atom stereocenters. The van der Waals surface area contributed by atoms with Crippen LogP contribution in [0.5, 0.6) is 0 Å². The molecule has 1 rings (SSSR count). The molecule has 8 heavy (non-hydrogen) atoms. The third kappa shape index (κ3) is 1.05. The minimum atomic E-state index is -0.640. The van der Waals surface area contributed by atoms with E-state index in [2.05, 4.69) is 0 Å². The van der Waals surface area contributed by atoms with Gasteiger partial charge in [-0.05, 0) is 0 Å². The molecule has 0 unspecified atom stereocenters. The Labute approximate surface area is 49.6 Å². The summed E-state index contributed by atoms with van der Waals surface area (Å²) in [7, 11) is 2.04. The molecule has 1 aliphatic rings. The molecule has 1 saturated heterocycles. The molecule has 1 radical (unpaired) electrons. The van der Waals surface area contributed by atoms with E-state index in [4.69, 9.17) is 5.11 Å². The molecule has 0 amide bonds. The van der Waals surface area contributed by atoms with Crippen LogP contribution in [0, 0.1) is 0 Å². The van der Waals surface area contributed by atoms with Crippen LogP contribution in [0.2, 0.25) is 18.9 Å². The maximum atomic E-state index is 10.2. The normalized spacial score (nSPS) is 18.2. The van der Waals surface area contributed by atoms with E-state index in [1.165, 1.54) is 0 Å². The number of carbonyl (C=O) groups is 1. The van der Waals surface area contributed by atoms with Crippen molar-refractivity contribution >= 4 is 19.9 Å². The van der Waals surface area contributed by atoms with Crippen LogP contribution in [-0.2, 0) is 0 Å². The van der Waals surface area contributed by atoms with Crippen molar-refractivity contribution in [2.75, 3.05) is 0 Å². The van der Waals surface area contributed by atoms with E-state index >= 15 is 0 Å². The molecule has 1 fully saturated rings. The van der Waals surface area contributed by atoms with E-state index in [1.807, 2.05) is 7.28 Å². The van der Waals surface area contributed by atoms with Crippen molar-refractivity contribution in [1.29, 1.82) is 0 Å². The second kappa shape index (κ2) is 2.25. The lowest BCUT2D eigenvalue weighted by molar-refractivity contribution is 0.219. The van der Waals surface area contributed by atoms with Crippen LogP contribution in [0.3, 0.4) is 0 Å². The lowest BCUT2D eigenvalue weighted by Gasteiger charge is -1.92. The molecule has 2 nitrogen and oxygen atoms in total.